The van der Waals surface area contributed by atoms with Crippen molar-refractivity contribution in [2.75, 3.05) is 7.05 Å². The molecule has 0 spiro atoms. The summed E-state index contributed by atoms with van der Waals surface area (Å²) in [6.07, 6.45) is 4.19. The molecule has 1 atom stereocenters. The van der Waals surface area contributed by atoms with Crippen molar-refractivity contribution in [3.63, 3.8) is 0 Å². The molecule has 0 aromatic carbocycles. The largest absolute Gasteiger partial charge is 0.481 e. The maximum Gasteiger partial charge on any atom is 0.305 e. The highest BCUT2D eigenvalue weighted by molar-refractivity contribution is 5.79. The molecule has 0 radical (unpaired) electrons. The van der Waals surface area contributed by atoms with Gasteiger partial charge in [-0.15, -0.1) is 0 Å². The summed E-state index contributed by atoms with van der Waals surface area (Å²) in [5.74, 6) is -0.610. The molecule has 0 aromatic rings. The maximum absolute atomic E-state index is 11.9. The molecule has 15 heavy (non-hydrogen) atoms. The molecular weight excluding hydrogens is 194 g/mol. The standard InChI is InChI=1S/C11H19NO3/c1-8(7-10(13)14)12(2)11(15)9-5-3-4-6-9/h8-9H,3-7H2,1-2H3,(H,13,14). The zero-order valence-electron chi connectivity index (χ0n) is 9.40. The summed E-state index contributed by atoms with van der Waals surface area (Å²) >= 11 is 0. The van der Waals surface area contributed by atoms with Crippen LogP contribution in [0.5, 0.6) is 0 Å². The first-order valence-electron chi connectivity index (χ1n) is 5.51. The van der Waals surface area contributed by atoms with Crippen LogP contribution in [0, 0.1) is 5.92 Å². The van der Waals surface area contributed by atoms with Crippen molar-refractivity contribution in [1.82, 2.24) is 4.90 Å². The van der Waals surface area contributed by atoms with Crippen LogP contribution in [0.25, 0.3) is 0 Å². The van der Waals surface area contributed by atoms with Crippen LogP contribution in [0.4, 0.5) is 0 Å². The lowest BCUT2D eigenvalue weighted by molar-refractivity contribution is -0.141. The van der Waals surface area contributed by atoms with Gasteiger partial charge in [0.1, 0.15) is 0 Å². The quantitative estimate of drug-likeness (QED) is 0.769. The minimum Gasteiger partial charge on any atom is -0.481 e. The second-order valence-electron chi connectivity index (χ2n) is 4.38. The second kappa shape index (κ2) is 5.14. The Morgan fingerprint density at radius 3 is 2.40 bits per heavy atom. The number of carbonyl (C=O) groups excluding carboxylic acids is 1. The molecule has 1 rings (SSSR count). The monoisotopic (exact) mass is 213 g/mol. The van der Waals surface area contributed by atoms with E-state index >= 15 is 0 Å². The summed E-state index contributed by atoms with van der Waals surface area (Å²) in [5, 5.41) is 8.64. The SMILES string of the molecule is CC(CC(=O)O)N(C)C(=O)C1CCCC1. The lowest BCUT2D eigenvalue weighted by Crippen LogP contribution is -2.39. The van der Waals surface area contributed by atoms with Crippen molar-refractivity contribution >= 4 is 11.9 Å². The van der Waals surface area contributed by atoms with Crippen molar-refractivity contribution in [2.45, 2.75) is 45.1 Å². The Kier molecular flexibility index (Phi) is 4.12. The molecule has 0 bridgehead atoms. The predicted octanol–water partition coefficient (Wildman–Crippen LogP) is 1.50. The normalized spacial score (nSPS) is 18.8. The van der Waals surface area contributed by atoms with Gasteiger partial charge in [0, 0.05) is 19.0 Å². The topological polar surface area (TPSA) is 57.6 Å². The van der Waals surface area contributed by atoms with Gasteiger partial charge in [0.15, 0.2) is 0 Å². The van der Waals surface area contributed by atoms with Crippen molar-refractivity contribution in [1.29, 1.82) is 0 Å². The molecule has 1 aliphatic rings. The van der Waals surface area contributed by atoms with E-state index < -0.39 is 5.97 Å². The van der Waals surface area contributed by atoms with Crippen LogP contribution in [0.3, 0.4) is 0 Å². The third-order valence-corrected chi connectivity index (χ3v) is 3.18. The van der Waals surface area contributed by atoms with E-state index in [9.17, 15) is 9.59 Å². The van der Waals surface area contributed by atoms with Gasteiger partial charge in [0.25, 0.3) is 0 Å². The van der Waals surface area contributed by atoms with Crippen molar-refractivity contribution in [3.05, 3.63) is 0 Å². The van der Waals surface area contributed by atoms with Crippen molar-refractivity contribution in [2.24, 2.45) is 5.92 Å². The average Bonchev–Trinajstić information content (AvgIpc) is 2.67. The maximum atomic E-state index is 11.9. The summed E-state index contributed by atoms with van der Waals surface area (Å²) in [5.41, 5.74) is 0. The minimum atomic E-state index is -0.853. The lowest BCUT2D eigenvalue weighted by atomic mass is 10.1. The van der Waals surface area contributed by atoms with Gasteiger partial charge in [-0.2, -0.15) is 0 Å². The summed E-state index contributed by atoms with van der Waals surface area (Å²) < 4.78 is 0. The van der Waals surface area contributed by atoms with Crippen molar-refractivity contribution in [3.8, 4) is 0 Å². The number of carbonyl (C=O) groups is 2. The van der Waals surface area contributed by atoms with Crippen LogP contribution in [-0.2, 0) is 9.59 Å². The number of carboxylic acids is 1. The molecule has 1 fully saturated rings. The molecule has 1 N–H and O–H groups in total. The molecule has 4 heteroatoms. The van der Waals surface area contributed by atoms with E-state index in [2.05, 4.69) is 0 Å². The van der Waals surface area contributed by atoms with Crippen LogP contribution < -0.4 is 0 Å². The van der Waals surface area contributed by atoms with E-state index in [1.54, 1.807) is 18.9 Å². The molecular formula is C11H19NO3. The van der Waals surface area contributed by atoms with E-state index in [4.69, 9.17) is 5.11 Å². The van der Waals surface area contributed by atoms with Gasteiger partial charge in [-0.1, -0.05) is 12.8 Å². The van der Waals surface area contributed by atoms with Crippen LogP contribution in [-0.4, -0.2) is 35.0 Å². The molecule has 86 valence electrons. The highest BCUT2D eigenvalue weighted by Crippen LogP contribution is 2.26. The number of hydrogen-bond acceptors (Lipinski definition) is 2. The van der Waals surface area contributed by atoms with Gasteiger partial charge < -0.3 is 10.0 Å². The number of rotatable bonds is 4. The molecule has 0 aliphatic heterocycles. The summed E-state index contributed by atoms with van der Waals surface area (Å²) in [6, 6.07) is -0.212. The first-order valence-corrected chi connectivity index (χ1v) is 5.51. The number of amides is 1. The van der Waals surface area contributed by atoms with E-state index in [1.807, 2.05) is 0 Å². The van der Waals surface area contributed by atoms with E-state index in [1.165, 1.54) is 0 Å². The Morgan fingerprint density at radius 2 is 1.93 bits per heavy atom. The molecule has 4 nitrogen and oxygen atoms in total. The number of hydrogen-bond donors (Lipinski definition) is 1. The highest BCUT2D eigenvalue weighted by atomic mass is 16.4. The molecule has 0 heterocycles. The van der Waals surface area contributed by atoms with Crippen LogP contribution in [0.1, 0.15) is 39.0 Å². The Labute approximate surface area is 90.3 Å². The van der Waals surface area contributed by atoms with Crippen molar-refractivity contribution < 1.29 is 14.7 Å². The molecule has 0 saturated heterocycles. The third-order valence-electron chi connectivity index (χ3n) is 3.18. The minimum absolute atomic E-state index is 0.0228. The molecule has 1 unspecified atom stereocenters. The lowest BCUT2D eigenvalue weighted by Gasteiger charge is -2.26. The summed E-state index contributed by atoms with van der Waals surface area (Å²) in [6.45, 7) is 1.78. The fourth-order valence-electron chi connectivity index (χ4n) is 2.07. The zero-order chi connectivity index (χ0) is 11.4. The number of aliphatic carboxylic acids is 1. The van der Waals surface area contributed by atoms with Crippen LogP contribution in [0.15, 0.2) is 0 Å². The molecule has 0 aromatic heterocycles. The smallest absolute Gasteiger partial charge is 0.305 e. The van der Waals surface area contributed by atoms with Gasteiger partial charge in [-0.25, -0.2) is 0 Å². The first-order chi connectivity index (χ1) is 7.02. The molecule has 1 aliphatic carbocycles. The average molecular weight is 213 g/mol. The van der Waals surface area contributed by atoms with E-state index in [-0.39, 0.29) is 24.3 Å². The number of carboxylic acid groups (broad SMARTS) is 1. The van der Waals surface area contributed by atoms with Gasteiger partial charge in [0.05, 0.1) is 6.42 Å². The van der Waals surface area contributed by atoms with Crippen LogP contribution in [0.2, 0.25) is 0 Å². The number of nitrogens with zero attached hydrogens (tertiary/aromatic N) is 1. The molecule has 1 amide bonds. The van der Waals surface area contributed by atoms with Gasteiger partial charge in [-0.3, -0.25) is 9.59 Å². The Bertz CT molecular complexity index is 246. The Hall–Kier alpha value is -1.06. The molecule has 1 saturated carbocycles. The highest BCUT2D eigenvalue weighted by Gasteiger charge is 2.28. The van der Waals surface area contributed by atoms with Gasteiger partial charge >= 0.3 is 5.97 Å². The second-order valence-corrected chi connectivity index (χ2v) is 4.38. The van der Waals surface area contributed by atoms with E-state index in [0.717, 1.165) is 25.7 Å². The fourth-order valence-corrected chi connectivity index (χ4v) is 2.07. The Balaban J connectivity index is 2.47. The first kappa shape index (κ1) is 12.0. The van der Waals surface area contributed by atoms with Gasteiger partial charge in [0.2, 0.25) is 5.91 Å². The predicted molar refractivity (Wildman–Crippen MR) is 56.4 cm³/mol. The third kappa shape index (κ3) is 3.22. The van der Waals surface area contributed by atoms with Crippen LogP contribution >= 0.6 is 0 Å². The Morgan fingerprint density at radius 1 is 1.40 bits per heavy atom. The summed E-state index contributed by atoms with van der Waals surface area (Å²) in [7, 11) is 1.70. The van der Waals surface area contributed by atoms with Gasteiger partial charge in [-0.05, 0) is 19.8 Å². The fraction of sp³-hybridized carbons (Fsp3) is 0.818. The summed E-state index contributed by atoms with van der Waals surface area (Å²) in [4.78, 5) is 24.0. The zero-order valence-corrected chi connectivity index (χ0v) is 9.40. The van der Waals surface area contributed by atoms with E-state index in [0.29, 0.717) is 0 Å².